The van der Waals surface area contributed by atoms with Gasteiger partial charge < -0.3 is 19.1 Å². The van der Waals surface area contributed by atoms with E-state index in [2.05, 4.69) is 0 Å². The van der Waals surface area contributed by atoms with Crippen molar-refractivity contribution in [1.82, 2.24) is 4.90 Å². The van der Waals surface area contributed by atoms with Crippen LogP contribution in [0.2, 0.25) is 0 Å². The summed E-state index contributed by atoms with van der Waals surface area (Å²) in [7, 11) is 0. The molecule has 2 unspecified atom stereocenters. The fourth-order valence-corrected chi connectivity index (χ4v) is 4.09. The molecule has 0 saturated carbocycles. The van der Waals surface area contributed by atoms with E-state index in [1.807, 2.05) is 25.7 Å². The molecule has 0 spiro atoms. The van der Waals surface area contributed by atoms with Gasteiger partial charge in [-0.25, -0.2) is 4.79 Å². The number of amides is 1. The van der Waals surface area contributed by atoms with Gasteiger partial charge in [0.05, 0.1) is 13.2 Å². The number of fused-ring (bicyclic) bond motifs is 2. The quantitative estimate of drug-likeness (QED) is 0.788. The van der Waals surface area contributed by atoms with Gasteiger partial charge in [-0.2, -0.15) is 0 Å². The van der Waals surface area contributed by atoms with Crippen LogP contribution < -0.4 is 0 Å². The van der Waals surface area contributed by atoms with Crippen molar-refractivity contribution < 1.29 is 23.8 Å². The average Bonchev–Trinajstić information content (AvgIpc) is 3.09. The molecule has 3 aliphatic rings. The summed E-state index contributed by atoms with van der Waals surface area (Å²) in [5.41, 5.74) is -0.482. The van der Waals surface area contributed by atoms with Crippen LogP contribution in [0.25, 0.3) is 0 Å². The molecule has 0 aliphatic carbocycles. The topological polar surface area (TPSA) is 65.1 Å². The highest BCUT2D eigenvalue weighted by molar-refractivity contribution is 5.81. The minimum atomic E-state index is -0.482. The van der Waals surface area contributed by atoms with Crippen molar-refractivity contribution in [3.63, 3.8) is 0 Å². The average molecular weight is 339 g/mol. The first kappa shape index (κ1) is 17.7. The van der Waals surface area contributed by atoms with E-state index < -0.39 is 5.60 Å². The molecule has 0 N–H and O–H groups in total. The van der Waals surface area contributed by atoms with Crippen molar-refractivity contribution in [1.29, 1.82) is 0 Å². The SMILES string of the molecule is CC(C)(C)OC(=O)N1C2CCC1CC(C(=O)CCC1OCCO1)C2. The Morgan fingerprint density at radius 1 is 1.08 bits per heavy atom. The third-order valence-electron chi connectivity index (χ3n) is 5.11. The van der Waals surface area contributed by atoms with Crippen LogP contribution >= 0.6 is 0 Å². The van der Waals surface area contributed by atoms with Crippen molar-refractivity contribution in [2.45, 2.75) is 83.3 Å². The largest absolute Gasteiger partial charge is 0.444 e. The lowest BCUT2D eigenvalue weighted by Crippen LogP contribution is -2.49. The number of Topliss-reactive ketones (excluding diaryl/α,β-unsaturated/α-hetero) is 1. The molecule has 2 bridgehead atoms. The summed E-state index contributed by atoms with van der Waals surface area (Å²) >= 11 is 0. The van der Waals surface area contributed by atoms with E-state index in [-0.39, 0.29) is 36.2 Å². The molecule has 0 aromatic carbocycles. The molecule has 3 saturated heterocycles. The van der Waals surface area contributed by atoms with Gasteiger partial charge >= 0.3 is 6.09 Å². The number of nitrogens with zero attached hydrogens (tertiary/aromatic N) is 1. The molecule has 6 nitrogen and oxygen atoms in total. The Morgan fingerprint density at radius 2 is 1.67 bits per heavy atom. The smallest absolute Gasteiger partial charge is 0.410 e. The number of rotatable bonds is 4. The maximum Gasteiger partial charge on any atom is 0.410 e. The number of carbonyl (C=O) groups excluding carboxylic acids is 2. The summed E-state index contributed by atoms with van der Waals surface area (Å²) < 4.78 is 16.3. The monoisotopic (exact) mass is 339 g/mol. The molecule has 0 radical (unpaired) electrons. The van der Waals surface area contributed by atoms with E-state index in [9.17, 15) is 9.59 Å². The number of hydrogen-bond acceptors (Lipinski definition) is 5. The van der Waals surface area contributed by atoms with Crippen LogP contribution in [0, 0.1) is 5.92 Å². The number of ketones is 1. The molecule has 0 aromatic rings. The van der Waals surface area contributed by atoms with Crippen LogP contribution in [0.5, 0.6) is 0 Å². The van der Waals surface area contributed by atoms with Crippen LogP contribution in [0.1, 0.15) is 59.3 Å². The highest BCUT2D eigenvalue weighted by atomic mass is 16.7. The predicted octanol–water partition coefficient (Wildman–Crippen LogP) is 2.89. The fraction of sp³-hybridized carbons (Fsp3) is 0.889. The Balaban J connectivity index is 1.52. The summed E-state index contributed by atoms with van der Waals surface area (Å²) in [6.07, 6.45) is 4.18. The lowest BCUT2D eigenvalue weighted by molar-refractivity contribution is -0.127. The van der Waals surface area contributed by atoms with Gasteiger partial charge in [0.2, 0.25) is 0 Å². The number of carbonyl (C=O) groups is 2. The molecule has 1 amide bonds. The molecular weight excluding hydrogens is 310 g/mol. The second-order valence-electron chi connectivity index (χ2n) is 8.12. The summed E-state index contributed by atoms with van der Waals surface area (Å²) in [6, 6.07) is 0.290. The van der Waals surface area contributed by atoms with E-state index in [4.69, 9.17) is 14.2 Å². The molecule has 0 aromatic heterocycles. The highest BCUT2D eigenvalue weighted by Gasteiger charge is 2.46. The lowest BCUT2D eigenvalue weighted by Gasteiger charge is -2.39. The predicted molar refractivity (Wildman–Crippen MR) is 87.5 cm³/mol. The zero-order chi connectivity index (χ0) is 17.3. The van der Waals surface area contributed by atoms with Crippen LogP contribution in [0.3, 0.4) is 0 Å². The van der Waals surface area contributed by atoms with Gasteiger partial charge in [-0.05, 0) is 46.5 Å². The van der Waals surface area contributed by atoms with Crippen molar-refractivity contribution in [3.05, 3.63) is 0 Å². The van der Waals surface area contributed by atoms with Gasteiger partial charge in [0.1, 0.15) is 11.4 Å². The first-order valence-corrected chi connectivity index (χ1v) is 9.11. The third-order valence-corrected chi connectivity index (χ3v) is 5.11. The van der Waals surface area contributed by atoms with Gasteiger partial charge in [-0.15, -0.1) is 0 Å². The van der Waals surface area contributed by atoms with Gasteiger partial charge in [-0.3, -0.25) is 4.79 Å². The van der Waals surface area contributed by atoms with Crippen molar-refractivity contribution >= 4 is 11.9 Å². The molecule has 24 heavy (non-hydrogen) atoms. The minimum Gasteiger partial charge on any atom is -0.444 e. The fourth-order valence-electron chi connectivity index (χ4n) is 4.09. The maximum atomic E-state index is 12.5. The summed E-state index contributed by atoms with van der Waals surface area (Å²) in [5, 5.41) is 0. The Hall–Kier alpha value is -1.14. The molecule has 136 valence electrons. The Morgan fingerprint density at radius 3 is 2.21 bits per heavy atom. The van der Waals surface area contributed by atoms with Crippen molar-refractivity contribution in [2.75, 3.05) is 13.2 Å². The zero-order valence-electron chi connectivity index (χ0n) is 15.0. The zero-order valence-corrected chi connectivity index (χ0v) is 15.0. The van der Waals surface area contributed by atoms with Crippen molar-refractivity contribution in [2.24, 2.45) is 5.92 Å². The maximum absolute atomic E-state index is 12.5. The lowest BCUT2D eigenvalue weighted by atomic mass is 9.86. The molecule has 2 atom stereocenters. The standard InChI is InChI=1S/C18H29NO5/c1-18(2,3)24-17(21)19-13-4-5-14(19)11-12(10-13)15(20)6-7-16-22-8-9-23-16/h12-14,16H,4-11H2,1-3H3. The Bertz CT molecular complexity index is 466. The van der Waals surface area contributed by atoms with Gasteiger partial charge in [0.25, 0.3) is 0 Å². The van der Waals surface area contributed by atoms with Gasteiger partial charge in [0, 0.05) is 30.8 Å². The van der Waals surface area contributed by atoms with Crippen LogP contribution in [0.4, 0.5) is 4.79 Å². The van der Waals surface area contributed by atoms with E-state index in [0.717, 1.165) is 25.7 Å². The minimum absolute atomic E-state index is 0.0580. The molecule has 3 rings (SSSR count). The molecule has 3 fully saturated rings. The van der Waals surface area contributed by atoms with Gasteiger partial charge in [-0.1, -0.05) is 0 Å². The van der Waals surface area contributed by atoms with E-state index in [1.165, 1.54) is 0 Å². The summed E-state index contributed by atoms with van der Waals surface area (Å²) in [6.45, 7) is 6.90. The van der Waals surface area contributed by atoms with Crippen LogP contribution in [0.15, 0.2) is 0 Å². The number of piperidine rings is 1. The van der Waals surface area contributed by atoms with Crippen LogP contribution in [-0.2, 0) is 19.0 Å². The van der Waals surface area contributed by atoms with Crippen molar-refractivity contribution in [3.8, 4) is 0 Å². The first-order valence-electron chi connectivity index (χ1n) is 9.11. The van der Waals surface area contributed by atoms with E-state index in [1.54, 1.807) is 0 Å². The van der Waals surface area contributed by atoms with Crippen LogP contribution in [-0.4, -0.2) is 54.0 Å². The number of hydrogen-bond donors (Lipinski definition) is 0. The highest BCUT2D eigenvalue weighted by Crippen LogP contribution is 2.40. The molecule has 3 heterocycles. The molecule has 6 heteroatoms. The molecule has 3 aliphatic heterocycles. The summed E-state index contributed by atoms with van der Waals surface area (Å²) in [4.78, 5) is 26.9. The molecular formula is C18H29NO5. The normalized spacial score (nSPS) is 30.6. The Labute approximate surface area is 143 Å². The van der Waals surface area contributed by atoms with Gasteiger partial charge in [0.15, 0.2) is 6.29 Å². The second kappa shape index (κ2) is 7.00. The second-order valence-corrected chi connectivity index (χ2v) is 8.12. The number of ether oxygens (including phenoxy) is 3. The summed E-state index contributed by atoms with van der Waals surface area (Å²) in [5.74, 6) is 0.345. The Kier molecular flexibility index (Phi) is 5.16. The third kappa shape index (κ3) is 4.09. The van der Waals surface area contributed by atoms with E-state index in [0.29, 0.717) is 26.1 Å². The first-order chi connectivity index (χ1) is 11.3. The van der Waals surface area contributed by atoms with E-state index >= 15 is 0 Å².